The minimum atomic E-state index is -0.699. The van der Waals surface area contributed by atoms with Crippen LogP contribution in [0, 0.1) is 11.8 Å². The number of ether oxygens (including phenoxy) is 2. The molecule has 2 aliphatic rings. The molecule has 0 spiro atoms. The summed E-state index contributed by atoms with van der Waals surface area (Å²) in [5, 5.41) is 10.1. The van der Waals surface area contributed by atoms with Gasteiger partial charge in [-0.05, 0) is 80.1 Å². The first kappa shape index (κ1) is 47.4. The number of nitrogens with zero attached hydrogens (tertiary/aromatic N) is 2. The second-order valence-corrected chi connectivity index (χ2v) is 16.5. The largest absolute Gasteiger partial charge is 0.459 e. The lowest BCUT2D eigenvalue weighted by atomic mass is 9.69. The Bertz CT molecular complexity index is 1200. The molecule has 2 N–H and O–H groups in total. The van der Waals surface area contributed by atoms with Crippen molar-refractivity contribution < 1.29 is 38.3 Å². The van der Waals surface area contributed by atoms with Gasteiger partial charge in [0.2, 0.25) is 0 Å². The van der Waals surface area contributed by atoms with E-state index in [-0.39, 0.29) is 35.9 Å². The number of hydrogen-bond donors (Lipinski definition) is 2. The minimum absolute atomic E-state index is 0.0286. The maximum Gasteiger partial charge on any atom is 0.330 e. The van der Waals surface area contributed by atoms with Crippen LogP contribution in [0.1, 0.15) is 147 Å². The molecule has 2 fully saturated rings. The number of unbranched alkanes of at least 4 members (excludes halogenated alkanes) is 3. The van der Waals surface area contributed by atoms with Crippen LogP contribution in [0.4, 0.5) is 0 Å². The van der Waals surface area contributed by atoms with Crippen molar-refractivity contribution >= 4 is 23.8 Å². The number of piperidine rings is 2. The molecule has 0 radical (unpaired) electrons. The number of nitrogens with one attached hydrogen (secondary N) is 2. The van der Waals surface area contributed by atoms with Crippen molar-refractivity contribution in [2.75, 3.05) is 13.1 Å². The average molecular weight is 763 g/mol. The van der Waals surface area contributed by atoms with E-state index in [1.54, 1.807) is 13.8 Å². The molecule has 0 aromatic heterocycles. The van der Waals surface area contributed by atoms with Gasteiger partial charge in [0.1, 0.15) is 12.2 Å². The first-order valence-corrected chi connectivity index (χ1v) is 20.4. The predicted molar refractivity (Wildman–Crippen MR) is 212 cm³/mol. The summed E-state index contributed by atoms with van der Waals surface area (Å²) in [5.74, 6) is -1.25. The van der Waals surface area contributed by atoms with Gasteiger partial charge in [-0.2, -0.15) is 10.1 Å². The molecule has 0 saturated carbocycles. The van der Waals surface area contributed by atoms with E-state index in [1.165, 1.54) is 12.2 Å². The fourth-order valence-corrected chi connectivity index (χ4v) is 8.20. The molecule has 10 unspecified atom stereocenters. The van der Waals surface area contributed by atoms with E-state index < -0.39 is 46.3 Å². The summed E-state index contributed by atoms with van der Waals surface area (Å²) in [6.07, 6.45) is 8.04. The van der Waals surface area contributed by atoms with E-state index in [1.807, 2.05) is 10.1 Å². The zero-order valence-corrected chi connectivity index (χ0v) is 35.7. The molecule has 54 heavy (non-hydrogen) atoms. The van der Waals surface area contributed by atoms with Crippen LogP contribution in [0.5, 0.6) is 0 Å². The summed E-state index contributed by atoms with van der Waals surface area (Å²) in [4.78, 5) is 63.4. The van der Waals surface area contributed by atoms with Crippen LogP contribution in [-0.4, -0.2) is 93.5 Å². The Hall–Kier alpha value is -2.80. The number of hydroxylamine groups is 4. The standard InChI is InChI=1S/C42H74N4O8/c1-15-35(47)51-33-27-39(11,17-3)45(41(13,19-5)29(33)7)53-31(9)37(49)43-25-23-21-22-24-26-44-38(50)32(10)54-46-40(12,18-4)28-34(52-36(48)16-2)30(8)42(46,14)20-6/h15-16,29-34H,1-2,17-28H2,3-14H3,(H,43,49)(H,44,50). The van der Waals surface area contributed by atoms with E-state index in [0.717, 1.165) is 51.4 Å². The van der Waals surface area contributed by atoms with E-state index in [0.29, 0.717) is 25.9 Å². The first-order chi connectivity index (χ1) is 25.3. The van der Waals surface area contributed by atoms with Gasteiger partial charge in [-0.3, -0.25) is 19.3 Å². The number of esters is 2. The molecule has 0 bridgehead atoms. The second-order valence-electron chi connectivity index (χ2n) is 16.5. The zero-order chi connectivity index (χ0) is 41.1. The van der Waals surface area contributed by atoms with Crippen LogP contribution in [0.15, 0.2) is 25.3 Å². The van der Waals surface area contributed by atoms with Crippen LogP contribution in [0.25, 0.3) is 0 Å². The number of rotatable bonds is 21. The normalized spacial score (nSPS) is 32.9. The summed E-state index contributed by atoms with van der Waals surface area (Å²) in [6.45, 7) is 32.6. The van der Waals surface area contributed by atoms with Crippen molar-refractivity contribution in [2.45, 2.75) is 194 Å². The van der Waals surface area contributed by atoms with Gasteiger partial charge in [-0.15, -0.1) is 0 Å². The van der Waals surface area contributed by atoms with Crippen LogP contribution in [0.2, 0.25) is 0 Å². The quantitative estimate of drug-likeness (QED) is 0.0717. The lowest BCUT2D eigenvalue weighted by Crippen LogP contribution is -2.68. The molecule has 2 rings (SSSR count). The fourth-order valence-electron chi connectivity index (χ4n) is 8.20. The number of carbonyl (C=O) groups is 4. The van der Waals surface area contributed by atoms with E-state index in [2.05, 4.69) is 93.0 Å². The molecule has 310 valence electrons. The van der Waals surface area contributed by atoms with Crippen molar-refractivity contribution in [3.63, 3.8) is 0 Å². The maximum absolute atomic E-state index is 13.1. The third-order valence-corrected chi connectivity index (χ3v) is 13.1. The highest BCUT2D eigenvalue weighted by Gasteiger charge is 2.57. The summed E-state index contributed by atoms with van der Waals surface area (Å²) >= 11 is 0. The highest BCUT2D eigenvalue weighted by atomic mass is 16.7. The number of carbonyl (C=O) groups excluding carboxylic acids is 4. The van der Waals surface area contributed by atoms with Gasteiger partial charge >= 0.3 is 11.9 Å². The Labute approximate surface area is 326 Å². The predicted octanol–water partition coefficient (Wildman–Crippen LogP) is 6.97. The van der Waals surface area contributed by atoms with Gasteiger partial charge in [0.25, 0.3) is 11.8 Å². The lowest BCUT2D eigenvalue weighted by molar-refractivity contribution is -0.329. The molecule has 0 aromatic carbocycles. The topological polar surface area (TPSA) is 136 Å². The van der Waals surface area contributed by atoms with Crippen molar-refractivity contribution in [3.05, 3.63) is 25.3 Å². The van der Waals surface area contributed by atoms with Crippen LogP contribution >= 0.6 is 0 Å². The van der Waals surface area contributed by atoms with Crippen molar-refractivity contribution in [3.8, 4) is 0 Å². The molecule has 0 aromatic rings. The summed E-state index contributed by atoms with van der Waals surface area (Å²) in [7, 11) is 0. The Morgan fingerprint density at radius 2 is 0.981 bits per heavy atom. The van der Waals surface area contributed by atoms with E-state index in [4.69, 9.17) is 19.1 Å². The molecule has 0 aliphatic carbocycles. The van der Waals surface area contributed by atoms with Gasteiger partial charge in [-0.25, -0.2) is 9.59 Å². The van der Waals surface area contributed by atoms with Crippen LogP contribution in [-0.2, 0) is 38.3 Å². The Morgan fingerprint density at radius 1 is 0.648 bits per heavy atom. The minimum Gasteiger partial charge on any atom is -0.459 e. The van der Waals surface area contributed by atoms with Crippen LogP contribution in [0.3, 0.4) is 0 Å². The molecular weight excluding hydrogens is 688 g/mol. The SMILES string of the molecule is C=CC(=O)OC1CC(C)(CC)N(OC(C)C(=O)NCCCCCCNC(=O)C(C)ON2C(C)(CC)CC(OC(=O)C=C)C(C)C2(C)CC)C(C)(CC)C1C. The molecule has 2 amide bonds. The van der Waals surface area contributed by atoms with Crippen LogP contribution < -0.4 is 10.6 Å². The van der Waals surface area contributed by atoms with Gasteiger partial charge in [0.05, 0.1) is 0 Å². The van der Waals surface area contributed by atoms with E-state index in [9.17, 15) is 19.2 Å². The summed E-state index contributed by atoms with van der Waals surface area (Å²) in [5.41, 5.74) is -1.81. The molecule has 10 atom stereocenters. The Morgan fingerprint density at radius 3 is 1.26 bits per heavy atom. The number of hydrogen-bond acceptors (Lipinski definition) is 10. The highest BCUT2D eigenvalue weighted by Crippen LogP contribution is 2.48. The smallest absolute Gasteiger partial charge is 0.330 e. The monoisotopic (exact) mass is 763 g/mol. The second kappa shape index (κ2) is 20.4. The molecule has 2 heterocycles. The molecule has 12 nitrogen and oxygen atoms in total. The fraction of sp³-hybridized carbons (Fsp3) is 0.810. The average Bonchev–Trinajstić information content (AvgIpc) is 3.16. The molecular formula is C42H74N4O8. The maximum atomic E-state index is 13.1. The highest BCUT2D eigenvalue weighted by molar-refractivity contribution is 5.82. The van der Waals surface area contributed by atoms with Gasteiger partial charge in [-0.1, -0.05) is 67.5 Å². The van der Waals surface area contributed by atoms with Crippen molar-refractivity contribution in [1.82, 2.24) is 20.8 Å². The molecule has 12 heteroatoms. The van der Waals surface area contributed by atoms with Crippen molar-refractivity contribution in [2.24, 2.45) is 11.8 Å². The van der Waals surface area contributed by atoms with Gasteiger partial charge < -0.3 is 20.1 Å². The molecule has 2 saturated heterocycles. The van der Waals surface area contributed by atoms with Gasteiger partial charge in [0.15, 0.2) is 12.2 Å². The Kier molecular flexibility index (Phi) is 17.9. The summed E-state index contributed by atoms with van der Waals surface area (Å²) < 4.78 is 11.6. The summed E-state index contributed by atoms with van der Waals surface area (Å²) in [6, 6.07) is 0. The number of amides is 2. The third-order valence-electron chi connectivity index (χ3n) is 13.1. The third kappa shape index (κ3) is 10.9. The van der Waals surface area contributed by atoms with E-state index >= 15 is 0 Å². The first-order valence-electron chi connectivity index (χ1n) is 20.4. The van der Waals surface area contributed by atoms with Crippen molar-refractivity contribution in [1.29, 1.82) is 0 Å². The van der Waals surface area contributed by atoms with Gasteiger partial charge in [0, 0.05) is 72.1 Å². The molecule has 2 aliphatic heterocycles. The lowest BCUT2D eigenvalue weighted by Gasteiger charge is -2.59. The Balaban J connectivity index is 1.83. The zero-order valence-electron chi connectivity index (χ0n) is 35.7.